The molecule has 0 N–H and O–H groups in total. The zero-order chi connectivity index (χ0) is 20.5. The highest BCUT2D eigenvalue weighted by atomic mass is 35.5. The van der Waals surface area contributed by atoms with Crippen LogP contribution in [0.4, 0.5) is 0 Å². The molecule has 0 saturated carbocycles. The van der Waals surface area contributed by atoms with Crippen LogP contribution < -0.4 is 9.47 Å². The molecule has 3 aromatic carbocycles. The van der Waals surface area contributed by atoms with Crippen molar-refractivity contribution in [3.63, 3.8) is 0 Å². The van der Waals surface area contributed by atoms with E-state index >= 15 is 0 Å². The number of hydrogen-bond acceptors (Lipinski definition) is 3. The minimum Gasteiger partial charge on any atom is -0.488 e. The first kappa shape index (κ1) is 19.6. The number of rotatable bonds is 4. The van der Waals surface area contributed by atoms with E-state index in [1.165, 1.54) is 0 Å². The van der Waals surface area contributed by atoms with Gasteiger partial charge in [-0.15, -0.1) is 0 Å². The van der Waals surface area contributed by atoms with Gasteiger partial charge in [-0.2, -0.15) is 0 Å². The molecule has 29 heavy (non-hydrogen) atoms. The lowest BCUT2D eigenvalue weighted by Crippen LogP contribution is -1.98. The summed E-state index contributed by atoms with van der Waals surface area (Å²) in [7, 11) is 0. The Kier molecular flexibility index (Phi) is 5.35. The predicted octanol–water partition coefficient (Wildman–Crippen LogP) is 6.81. The number of halogens is 2. The number of Topliss-reactive ketones (excluding diaryl/α,β-unsaturated/α-hetero) is 1. The maximum absolute atomic E-state index is 12.7. The molecule has 0 atom stereocenters. The van der Waals surface area contributed by atoms with Crippen molar-refractivity contribution in [1.82, 2.24) is 0 Å². The van der Waals surface area contributed by atoms with Crippen molar-refractivity contribution in [2.24, 2.45) is 0 Å². The Hall–Kier alpha value is -2.75. The number of carbonyl (C=O) groups is 1. The third kappa shape index (κ3) is 4.02. The maximum atomic E-state index is 12.7. The molecule has 1 aliphatic heterocycles. The summed E-state index contributed by atoms with van der Waals surface area (Å²) in [5.74, 6) is 1.38. The summed E-state index contributed by atoms with van der Waals surface area (Å²) in [6, 6.07) is 16.8. The third-order valence-corrected chi connectivity index (χ3v) is 5.53. The monoisotopic (exact) mass is 424 g/mol. The highest BCUT2D eigenvalue weighted by Crippen LogP contribution is 2.39. The SMILES string of the molecule is Cc1ccc(/C=C2\Oc3c(ccc(OCc4ccc(Cl)c(Cl)c4)c3C)C2=O)cc1. The zero-order valence-corrected chi connectivity index (χ0v) is 17.5. The van der Waals surface area contributed by atoms with Gasteiger partial charge in [0, 0.05) is 5.56 Å². The fourth-order valence-corrected chi connectivity index (χ4v) is 3.45. The minimum atomic E-state index is -0.125. The van der Waals surface area contributed by atoms with E-state index in [1.807, 2.05) is 44.2 Å². The largest absolute Gasteiger partial charge is 0.488 e. The highest BCUT2D eigenvalue weighted by molar-refractivity contribution is 6.42. The Bertz CT molecular complexity index is 1130. The quantitative estimate of drug-likeness (QED) is 0.431. The van der Waals surface area contributed by atoms with Gasteiger partial charge in [0.05, 0.1) is 15.6 Å². The zero-order valence-electron chi connectivity index (χ0n) is 16.0. The van der Waals surface area contributed by atoms with Crippen molar-refractivity contribution in [2.75, 3.05) is 0 Å². The van der Waals surface area contributed by atoms with Crippen LogP contribution in [0, 0.1) is 13.8 Å². The first-order valence-corrected chi connectivity index (χ1v) is 9.89. The van der Waals surface area contributed by atoms with Crippen LogP contribution in [-0.4, -0.2) is 5.78 Å². The Balaban J connectivity index is 1.56. The molecule has 3 nitrogen and oxygen atoms in total. The molecule has 0 unspecified atom stereocenters. The molecule has 146 valence electrons. The fraction of sp³-hybridized carbons (Fsp3) is 0.125. The van der Waals surface area contributed by atoms with Crippen molar-refractivity contribution >= 4 is 35.1 Å². The van der Waals surface area contributed by atoms with Gasteiger partial charge in [-0.3, -0.25) is 4.79 Å². The van der Waals surface area contributed by atoms with E-state index in [2.05, 4.69) is 0 Å². The number of ether oxygens (including phenoxy) is 2. The van der Waals surface area contributed by atoms with Crippen LogP contribution >= 0.6 is 23.2 Å². The van der Waals surface area contributed by atoms with Crippen LogP contribution in [0.2, 0.25) is 10.0 Å². The molecule has 0 aromatic heterocycles. The number of fused-ring (bicyclic) bond motifs is 1. The van der Waals surface area contributed by atoms with Gasteiger partial charge in [0.15, 0.2) is 5.76 Å². The lowest BCUT2D eigenvalue weighted by atomic mass is 10.1. The number of carbonyl (C=O) groups excluding carboxylic acids is 1. The maximum Gasteiger partial charge on any atom is 0.231 e. The summed E-state index contributed by atoms with van der Waals surface area (Å²) >= 11 is 12.0. The molecule has 0 amide bonds. The molecule has 5 heteroatoms. The van der Waals surface area contributed by atoms with Crippen LogP contribution in [0.1, 0.15) is 32.6 Å². The van der Waals surface area contributed by atoms with Crippen LogP contribution in [0.25, 0.3) is 6.08 Å². The summed E-state index contributed by atoms with van der Waals surface area (Å²) in [6.07, 6.45) is 1.76. The minimum absolute atomic E-state index is 0.125. The highest BCUT2D eigenvalue weighted by Gasteiger charge is 2.30. The second-order valence-corrected chi connectivity index (χ2v) is 7.77. The summed E-state index contributed by atoms with van der Waals surface area (Å²) < 4.78 is 11.8. The molecule has 1 aliphatic rings. The molecule has 0 saturated heterocycles. The van der Waals surface area contributed by atoms with E-state index in [1.54, 1.807) is 30.3 Å². The van der Waals surface area contributed by atoms with Gasteiger partial charge in [-0.05, 0) is 55.3 Å². The van der Waals surface area contributed by atoms with Crippen molar-refractivity contribution in [1.29, 1.82) is 0 Å². The molecule has 0 bridgehead atoms. The van der Waals surface area contributed by atoms with Crippen molar-refractivity contribution in [2.45, 2.75) is 20.5 Å². The smallest absolute Gasteiger partial charge is 0.231 e. The van der Waals surface area contributed by atoms with Gasteiger partial charge in [0.2, 0.25) is 5.78 Å². The fourth-order valence-electron chi connectivity index (χ4n) is 3.13. The second kappa shape index (κ2) is 7.94. The van der Waals surface area contributed by atoms with Gasteiger partial charge in [-0.1, -0.05) is 59.1 Å². The predicted molar refractivity (Wildman–Crippen MR) is 116 cm³/mol. The normalized spacial score (nSPS) is 14.1. The van der Waals surface area contributed by atoms with E-state index in [9.17, 15) is 4.79 Å². The van der Waals surface area contributed by atoms with Crippen LogP contribution in [0.5, 0.6) is 11.5 Å². The lowest BCUT2D eigenvalue weighted by molar-refractivity contribution is 0.101. The Morgan fingerprint density at radius 3 is 2.45 bits per heavy atom. The molecular weight excluding hydrogens is 407 g/mol. The average Bonchev–Trinajstić information content (AvgIpc) is 3.02. The van der Waals surface area contributed by atoms with E-state index in [-0.39, 0.29) is 5.78 Å². The summed E-state index contributed by atoms with van der Waals surface area (Å²) in [6.45, 7) is 4.23. The number of benzene rings is 3. The number of allylic oxidation sites excluding steroid dienone is 1. The van der Waals surface area contributed by atoms with E-state index in [0.717, 1.165) is 22.3 Å². The number of hydrogen-bond donors (Lipinski definition) is 0. The van der Waals surface area contributed by atoms with Crippen LogP contribution in [0.3, 0.4) is 0 Å². The lowest BCUT2D eigenvalue weighted by Gasteiger charge is -2.12. The van der Waals surface area contributed by atoms with Crippen LogP contribution in [0.15, 0.2) is 60.4 Å². The van der Waals surface area contributed by atoms with Crippen molar-refractivity contribution in [3.8, 4) is 11.5 Å². The Labute approximate surface area is 179 Å². The van der Waals surface area contributed by atoms with Gasteiger partial charge in [-0.25, -0.2) is 0 Å². The molecule has 0 aliphatic carbocycles. The number of ketones is 1. The molecule has 3 aromatic rings. The van der Waals surface area contributed by atoms with Crippen molar-refractivity contribution < 1.29 is 14.3 Å². The van der Waals surface area contributed by atoms with Crippen LogP contribution in [-0.2, 0) is 6.61 Å². The number of aryl methyl sites for hydroxylation is 1. The molecule has 1 heterocycles. The Morgan fingerprint density at radius 2 is 1.72 bits per heavy atom. The van der Waals surface area contributed by atoms with Gasteiger partial charge >= 0.3 is 0 Å². The molecule has 4 rings (SSSR count). The molecule has 0 radical (unpaired) electrons. The summed E-state index contributed by atoms with van der Waals surface area (Å²) in [5.41, 5.74) is 4.30. The molecule has 0 spiro atoms. The topological polar surface area (TPSA) is 35.5 Å². The van der Waals surface area contributed by atoms with E-state index < -0.39 is 0 Å². The summed E-state index contributed by atoms with van der Waals surface area (Å²) in [5, 5.41) is 0.988. The Morgan fingerprint density at radius 1 is 0.966 bits per heavy atom. The second-order valence-electron chi connectivity index (χ2n) is 6.95. The van der Waals surface area contributed by atoms with E-state index in [0.29, 0.717) is 39.5 Å². The average molecular weight is 425 g/mol. The third-order valence-electron chi connectivity index (χ3n) is 4.79. The van der Waals surface area contributed by atoms with Gasteiger partial charge in [0.25, 0.3) is 0 Å². The molecular formula is C24H18Cl2O3. The van der Waals surface area contributed by atoms with E-state index in [4.69, 9.17) is 32.7 Å². The first-order chi connectivity index (χ1) is 13.9. The summed E-state index contributed by atoms with van der Waals surface area (Å²) in [4.78, 5) is 12.7. The first-order valence-electron chi connectivity index (χ1n) is 9.13. The van der Waals surface area contributed by atoms with Crippen molar-refractivity contribution in [3.05, 3.63) is 98.2 Å². The van der Waals surface area contributed by atoms with Gasteiger partial charge in [0.1, 0.15) is 18.1 Å². The van der Waals surface area contributed by atoms with Gasteiger partial charge < -0.3 is 9.47 Å². The molecule has 0 fully saturated rings. The standard InChI is InChI=1S/C24H18Cl2O3/c1-14-3-5-16(6-4-14)12-22-23(27)18-8-10-21(15(2)24(18)29-22)28-13-17-7-9-19(25)20(26)11-17/h3-12H,13H2,1-2H3/b22-12-.